The van der Waals surface area contributed by atoms with E-state index in [-0.39, 0.29) is 24.2 Å². The fourth-order valence-corrected chi connectivity index (χ4v) is 2.00. The zero-order chi connectivity index (χ0) is 13.0. The van der Waals surface area contributed by atoms with Crippen molar-refractivity contribution in [2.75, 3.05) is 24.5 Å². The van der Waals surface area contributed by atoms with Crippen LogP contribution in [0.25, 0.3) is 0 Å². The maximum absolute atomic E-state index is 11.7. The molecule has 1 heterocycles. The molecule has 0 unspecified atom stereocenters. The molecule has 2 rings (SSSR count). The van der Waals surface area contributed by atoms with Gasteiger partial charge in [-0.1, -0.05) is 0 Å². The molecule has 0 bridgehead atoms. The number of hydrogen-bond donors (Lipinski definition) is 2. The van der Waals surface area contributed by atoms with E-state index < -0.39 is 0 Å². The van der Waals surface area contributed by atoms with Crippen LogP contribution in [0.1, 0.15) is 23.2 Å². The van der Waals surface area contributed by atoms with Crippen molar-refractivity contribution >= 4 is 29.9 Å². The van der Waals surface area contributed by atoms with Crippen LogP contribution in [0.5, 0.6) is 0 Å². The van der Waals surface area contributed by atoms with Gasteiger partial charge in [-0.3, -0.25) is 9.59 Å². The lowest BCUT2D eigenvalue weighted by Gasteiger charge is -2.15. The molecular formula is C13H18ClN3O2. The molecule has 6 heteroatoms. The predicted molar refractivity (Wildman–Crippen MR) is 76.7 cm³/mol. The highest BCUT2D eigenvalue weighted by Crippen LogP contribution is 2.21. The molecule has 0 atom stereocenters. The monoisotopic (exact) mass is 283 g/mol. The number of halogens is 1. The average molecular weight is 284 g/mol. The minimum Gasteiger partial charge on any atom is -0.351 e. The van der Waals surface area contributed by atoms with Gasteiger partial charge in [-0.25, -0.2) is 0 Å². The highest BCUT2D eigenvalue weighted by Gasteiger charge is 2.21. The summed E-state index contributed by atoms with van der Waals surface area (Å²) in [5.74, 6) is 0.00933. The van der Waals surface area contributed by atoms with Gasteiger partial charge in [0.1, 0.15) is 0 Å². The number of anilines is 1. The van der Waals surface area contributed by atoms with Crippen molar-refractivity contribution in [3.05, 3.63) is 29.8 Å². The van der Waals surface area contributed by atoms with E-state index in [0.717, 1.165) is 18.7 Å². The Kier molecular flexibility index (Phi) is 5.79. The summed E-state index contributed by atoms with van der Waals surface area (Å²) >= 11 is 0. The smallest absolute Gasteiger partial charge is 0.251 e. The number of carbonyl (C=O) groups excluding carboxylic acids is 2. The molecule has 0 spiro atoms. The maximum Gasteiger partial charge on any atom is 0.251 e. The molecule has 5 nitrogen and oxygen atoms in total. The predicted octanol–water partition coefficient (Wildman–Crippen LogP) is 0.924. The van der Waals surface area contributed by atoms with E-state index in [1.807, 2.05) is 0 Å². The fraction of sp³-hybridized carbons (Fsp3) is 0.385. The molecular weight excluding hydrogens is 266 g/mol. The van der Waals surface area contributed by atoms with Gasteiger partial charge < -0.3 is 16.0 Å². The topological polar surface area (TPSA) is 75.4 Å². The van der Waals surface area contributed by atoms with Gasteiger partial charge in [0.05, 0.1) is 0 Å². The zero-order valence-corrected chi connectivity index (χ0v) is 11.4. The number of nitrogens with zero attached hydrogens (tertiary/aromatic N) is 1. The molecule has 1 aromatic carbocycles. The van der Waals surface area contributed by atoms with Crippen molar-refractivity contribution in [1.82, 2.24) is 5.32 Å². The second-order valence-electron chi connectivity index (χ2n) is 4.24. The molecule has 0 aromatic heterocycles. The summed E-state index contributed by atoms with van der Waals surface area (Å²) in [6.45, 7) is 1.65. The zero-order valence-electron chi connectivity index (χ0n) is 10.6. The van der Waals surface area contributed by atoms with Crippen molar-refractivity contribution < 1.29 is 9.59 Å². The van der Waals surface area contributed by atoms with E-state index in [9.17, 15) is 9.59 Å². The van der Waals surface area contributed by atoms with Crippen LogP contribution >= 0.6 is 12.4 Å². The van der Waals surface area contributed by atoms with Crippen LogP contribution in [0, 0.1) is 0 Å². The van der Waals surface area contributed by atoms with Crippen molar-refractivity contribution in [1.29, 1.82) is 0 Å². The summed E-state index contributed by atoms with van der Waals surface area (Å²) in [4.78, 5) is 25.0. The van der Waals surface area contributed by atoms with Crippen molar-refractivity contribution in [3.8, 4) is 0 Å². The Balaban J connectivity index is 0.00000180. The molecule has 1 aliphatic rings. The Morgan fingerprint density at radius 1 is 1.32 bits per heavy atom. The Labute approximate surface area is 118 Å². The number of hydrogen-bond acceptors (Lipinski definition) is 3. The molecule has 3 N–H and O–H groups in total. The second kappa shape index (κ2) is 7.11. The van der Waals surface area contributed by atoms with Gasteiger partial charge >= 0.3 is 0 Å². The molecule has 1 fully saturated rings. The third kappa shape index (κ3) is 3.68. The van der Waals surface area contributed by atoms with Crippen LogP contribution < -0.4 is 16.0 Å². The molecule has 1 aromatic rings. The lowest BCUT2D eigenvalue weighted by Crippen LogP contribution is -2.29. The number of amides is 2. The highest BCUT2D eigenvalue weighted by atomic mass is 35.5. The number of rotatable bonds is 4. The standard InChI is InChI=1S/C13H17N3O2.ClH/c14-7-8-15-13(18)10-3-5-11(6-4-10)16-9-1-2-12(16)17;/h3-6H,1-2,7-9,14H2,(H,15,18);1H. The Bertz CT molecular complexity index is 448. The third-order valence-electron chi connectivity index (χ3n) is 2.94. The van der Waals surface area contributed by atoms with Crippen molar-refractivity contribution in [2.45, 2.75) is 12.8 Å². The normalized spacial score (nSPS) is 14.2. The van der Waals surface area contributed by atoms with Gasteiger partial charge in [0.2, 0.25) is 5.91 Å². The van der Waals surface area contributed by atoms with Crippen molar-refractivity contribution in [2.24, 2.45) is 5.73 Å². The second-order valence-corrected chi connectivity index (χ2v) is 4.24. The van der Waals surface area contributed by atoms with E-state index in [0.29, 0.717) is 25.1 Å². The van der Waals surface area contributed by atoms with Gasteiger partial charge in [0.25, 0.3) is 5.91 Å². The first-order valence-electron chi connectivity index (χ1n) is 6.11. The number of nitrogens with one attached hydrogen (secondary N) is 1. The molecule has 1 saturated heterocycles. The van der Waals surface area contributed by atoms with E-state index in [1.54, 1.807) is 29.2 Å². The van der Waals surface area contributed by atoms with Gasteiger partial charge in [0.15, 0.2) is 0 Å². The van der Waals surface area contributed by atoms with Crippen LogP contribution in [-0.2, 0) is 4.79 Å². The first-order chi connectivity index (χ1) is 8.72. The average Bonchev–Trinajstić information content (AvgIpc) is 2.82. The molecule has 19 heavy (non-hydrogen) atoms. The maximum atomic E-state index is 11.7. The molecule has 1 aliphatic heterocycles. The van der Waals surface area contributed by atoms with E-state index >= 15 is 0 Å². The van der Waals surface area contributed by atoms with Gasteiger partial charge in [-0.2, -0.15) is 0 Å². The number of benzene rings is 1. The largest absolute Gasteiger partial charge is 0.351 e. The Morgan fingerprint density at radius 2 is 2.00 bits per heavy atom. The van der Waals surface area contributed by atoms with Crippen LogP contribution in [-0.4, -0.2) is 31.4 Å². The van der Waals surface area contributed by atoms with Crippen LogP contribution in [0.3, 0.4) is 0 Å². The van der Waals surface area contributed by atoms with Gasteiger partial charge in [-0.15, -0.1) is 12.4 Å². The molecule has 2 amide bonds. The summed E-state index contributed by atoms with van der Waals surface area (Å²) in [6, 6.07) is 7.07. The van der Waals surface area contributed by atoms with Crippen molar-refractivity contribution in [3.63, 3.8) is 0 Å². The van der Waals surface area contributed by atoms with E-state index in [4.69, 9.17) is 5.73 Å². The summed E-state index contributed by atoms with van der Waals surface area (Å²) in [7, 11) is 0. The van der Waals surface area contributed by atoms with Crippen LogP contribution in [0.2, 0.25) is 0 Å². The Hall–Kier alpha value is -1.59. The summed E-state index contributed by atoms with van der Waals surface area (Å²) < 4.78 is 0. The third-order valence-corrected chi connectivity index (χ3v) is 2.94. The minimum absolute atomic E-state index is 0. The summed E-state index contributed by atoms with van der Waals surface area (Å²) in [5, 5.41) is 2.70. The SMILES string of the molecule is Cl.NCCNC(=O)c1ccc(N2CCCC2=O)cc1. The van der Waals surface area contributed by atoms with Crippen LogP contribution in [0.4, 0.5) is 5.69 Å². The quantitative estimate of drug-likeness (QED) is 0.863. The first-order valence-corrected chi connectivity index (χ1v) is 6.11. The van der Waals surface area contributed by atoms with E-state index in [2.05, 4.69) is 5.32 Å². The van der Waals surface area contributed by atoms with Crippen LogP contribution in [0.15, 0.2) is 24.3 Å². The lowest BCUT2D eigenvalue weighted by atomic mass is 10.2. The molecule has 0 saturated carbocycles. The lowest BCUT2D eigenvalue weighted by molar-refractivity contribution is -0.117. The molecule has 104 valence electrons. The molecule has 0 aliphatic carbocycles. The fourth-order valence-electron chi connectivity index (χ4n) is 2.00. The minimum atomic E-state index is -0.139. The Morgan fingerprint density at radius 3 is 2.53 bits per heavy atom. The van der Waals surface area contributed by atoms with Gasteiger partial charge in [0, 0.05) is 37.3 Å². The van der Waals surface area contributed by atoms with E-state index in [1.165, 1.54) is 0 Å². The highest BCUT2D eigenvalue weighted by molar-refractivity contribution is 5.97. The summed E-state index contributed by atoms with van der Waals surface area (Å²) in [5.41, 5.74) is 6.75. The van der Waals surface area contributed by atoms with Gasteiger partial charge in [-0.05, 0) is 30.7 Å². The summed E-state index contributed by atoms with van der Waals surface area (Å²) in [6.07, 6.45) is 1.51. The number of nitrogens with two attached hydrogens (primary N) is 1. The number of carbonyl (C=O) groups is 2. The molecule has 0 radical (unpaired) electrons. The first kappa shape index (κ1) is 15.5.